The summed E-state index contributed by atoms with van der Waals surface area (Å²) in [6.45, 7) is 2.28. The molecule has 0 bridgehead atoms. The van der Waals surface area contributed by atoms with E-state index in [0.29, 0.717) is 23.4 Å². The summed E-state index contributed by atoms with van der Waals surface area (Å²) >= 11 is 0. The molecule has 0 amide bonds. The third-order valence-electron chi connectivity index (χ3n) is 3.94. The molecule has 10 heteroatoms. The van der Waals surface area contributed by atoms with E-state index >= 15 is 0 Å². The molecule has 0 atom stereocenters. The van der Waals surface area contributed by atoms with Gasteiger partial charge in [-0.1, -0.05) is 6.07 Å². The zero-order chi connectivity index (χ0) is 18.9. The highest BCUT2D eigenvalue weighted by Crippen LogP contribution is 2.32. The highest BCUT2D eigenvalue weighted by atomic mass is 19.4. The molecule has 0 saturated heterocycles. The highest BCUT2D eigenvalue weighted by Gasteiger charge is 2.30. The normalized spacial score (nSPS) is 11.7. The van der Waals surface area contributed by atoms with Crippen LogP contribution in [0.1, 0.15) is 11.4 Å². The van der Waals surface area contributed by atoms with Crippen LogP contribution in [0.4, 0.5) is 24.7 Å². The van der Waals surface area contributed by atoms with Crippen molar-refractivity contribution in [2.45, 2.75) is 19.6 Å². The minimum absolute atomic E-state index is 0.112. The molecule has 2 heterocycles. The minimum atomic E-state index is -4.43. The van der Waals surface area contributed by atoms with E-state index in [4.69, 9.17) is 0 Å². The van der Waals surface area contributed by atoms with Crippen molar-refractivity contribution >= 4 is 22.4 Å². The molecule has 0 aliphatic carbocycles. The van der Waals surface area contributed by atoms with Crippen LogP contribution in [0.15, 0.2) is 36.7 Å². The van der Waals surface area contributed by atoms with Gasteiger partial charge in [0.05, 0.1) is 17.6 Å². The summed E-state index contributed by atoms with van der Waals surface area (Å²) in [4.78, 5) is 18.4. The van der Waals surface area contributed by atoms with Gasteiger partial charge in [0.25, 0.3) is 0 Å². The molecular formula is C16H14F3N5O2. The summed E-state index contributed by atoms with van der Waals surface area (Å²) in [5, 5.41) is 14.6. The van der Waals surface area contributed by atoms with Crippen LogP contribution in [-0.2, 0) is 12.7 Å². The molecule has 0 unspecified atom stereocenters. The molecule has 1 N–H and O–H groups in total. The van der Waals surface area contributed by atoms with E-state index in [2.05, 4.69) is 15.3 Å². The lowest BCUT2D eigenvalue weighted by molar-refractivity contribution is -0.392. The van der Waals surface area contributed by atoms with Crippen molar-refractivity contribution < 1.29 is 18.1 Å². The first kappa shape index (κ1) is 17.6. The lowest BCUT2D eigenvalue weighted by atomic mass is 10.1. The van der Waals surface area contributed by atoms with Gasteiger partial charge in [-0.15, -0.1) is 0 Å². The monoisotopic (exact) mass is 365 g/mol. The molecule has 26 heavy (non-hydrogen) atoms. The first-order valence-electron chi connectivity index (χ1n) is 7.64. The predicted octanol–water partition coefficient (Wildman–Crippen LogP) is 3.78. The molecule has 136 valence electrons. The Morgan fingerprint density at radius 3 is 2.73 bits per heavy atom. The fourth-order valence-corrected chi connectivity index (χ4v) is 2.66. The lowest BCUT2D eigenvalue weighted by Crippen LogP contribution is -2.13. The van der Waals surface area contributed by atoms with Crippen LogP contribution >= 0.6 is 0 Å². The van der Waals surface area contributed by atoms with Gasteiger partial charge >= 0.3 is 12.0 Å². The minimum Gasteiger partial charge on any atom is -0.381 e. The number of hydrogen-bond donors (Lipinski definition) is 1. The second kappa shape index (κ2) is 6.62. The van der Waals surface area contributed by atoms with Gasteiger partial charge in [-0.3, -0.25) is 4.98 Å². The van der Waals surface area contributed by atoms with Crippen LogP contribution < -0.4 is 5.32 Å². The van der Waals surface area contributed by atoms with Crippen molar-refractivity contribution in [2.24, 2.45) is 0 Å². The fraction of sp³-hybridized carbons (Fsp3) is 0.250. The molecule has 0 aliphatic rings. The van der Waals surface area contributed by atoms with Gasteiger partial charge in [-0.2, -0.15) is 13.2 Å². The van der Waals surface area contributed by atoms with Crippen LogP contribution in [0.2, 0.25) is 0 Å². The van der Waals surface area contributed by atoms with Gasteiger partial charge in [-0.25, -0.2) is 9.55 Å². The molecule has 3 aromatic rings. The van der Waals surface area contributed by atoms with Crippen molar-refractivity contribution in [1.29, 1.82) is 0 Å². The number of rotatable bonds is 5. The Bertz CT molecular complexity index is 968. The standard InChI is InChI=1S/C16H14F3N5O2/c1-10-22-9-15(24(25)26)23(10)7-6-21-13-4-5-20-14-8-11(16(17,18)19)2-3-12(13)14/h2-5,8-9H,6-7H2,1H3,(H,20,21). The van der Waals surface area contributed by atoms with Crippen LogP contribution in [0.25, 0.3) is 10.9 Å². The summed E-state index contributed by atoms with van der Waals surface area (Å²) < 4.78 is 39.9. The average molecular weight is 365 g/mol. The van der Waals surface area contributed by atoms with Crippen molar-refractivity contribution in [3.05, 3.63) is 58.2 Å². The molecule has 0 aliphatic heterocycles. The zero-order valence-corrected chi connectivity index (χ0v) is 13.6. The quantitative estimate of drug-likeness (QED) is 0.549. The van der Waals surface area contributed by atoms with Gasteiger partial charge in [-0.05, 0) is 23.1 Å². The Morgan fingerprint density at radius 2 is 2.04 bits per heavy atom. The average Bonchev–Trinajstić information content (AvgIpc) is 2.95. The summed E-state index contributed by atoms with van der Waals surface area (Å²) in [5.74, 6) is 0.395. The largest absolute Gasteiger partial charge is 0.416 e. The maximum atomic E-state index is 12.8. The van der Waals surface area contributed by atoms with Gasteiger partial charge < -0.3 is 15.4 Å². The molecule has 0 fully saturated rings. The number of hydrogen-bond acceptors (Lipinski definition) is 5. The Hall–Kier alpha value is -3.17. The number of pyridine rings is 1. The first-order chi connectivity index (χ1) is 12.3. The Morgan fingerprint density at radius 1 is 1.27 bits per heavy atom. The van der Waals surface area contributed by atoms with Crippen LogP contribution in [0.3, 0.4) is 0 Å². The van der Waals surface area contributed by atoms with Crippen molar-refractivity contribution in [2.75, 3.05) is 11.9 Å². The number of imidazole rings is 1. The van der Waals surface area contributed by atoms with Crippen LogP contribution in [0, 0.1) is 17.0 Å². The van der Waals surface area contributed by atoms with E-state index in [1.165, 1.54) is 23.0 Å². The topological polar surface area (TPSA) is 85.9 Å². The molecule has 1 aromatic carbocycles. The third-order valence-corrected chi connectivity index (χ3v) is 3.94. The smallest absolute Gasteiger partial charge is 0.381 e. The number of nitro groups is 1. The predicted molar refractivity (Wildman–Crippen MR) is 88.9 cm³/mol. The van der Waals surface area contributed by atoms with Gasteiger partial charge in [0.2, 0.25) is 0 Å². The van der Waals surface area contributed by atoms with E-state index in [-0.39, 0.29) is 17.9 Å². The number of aromatic nitrogens is 3. The SMILES string of the molecule is Cc1ncc([N+](=O)[O-])n1CCNc1ccnc2cc(C(F)(F)F)ccc12. The second-order valence-electron chi connectivity index (χ2n) is 5.59. The third kappa shape index (κ3) is 3.44. The van der Waals surface area contributed by atoms with E-state index in [0.717, 1.165) is 12.1 Å². The molecule has 0 spiro atoms. The van der Waals surface area contributed by atoms with Gasteiger partial charge in [0.1, 0.15) is 12.7 Å². The van der Waals surface area contributed by atoms with Gasteiger partial charge in [0, 0.05) is 24.2 Å². The molecular weight excluding hydrogens is 351 g/mol. The summed E-state index contributed by atoms with van der Waals surface area (Å²) in [6, 6.07) is 4.99. The molecule has 0 radical (unpaired) electrons. The van der Waals surface area contributed by atoms with Gasteiger partial charge in [0.15, 0.2) is 5.82 Å². The fourth-order valence-electron chi connectivity index (χ4n) is 2.66. The highest BCUT2D eigenvalue weighted by molar-refractivity contribution is 5.91. The number of nitrogens with zero attached hydrogens (tertiary/aromatic N) is 4. The molecule has 3 rings (SSSR count). The number of nitrogens with one attached hydrogen (secondary N) is 1. The Labute approximate surface area is 145 Å². The number of anilines is 1. The summed E-state index contributed by atoms with van der Waals surface area (Å²) in [7, 11) is 0. The lowest BCUT2D eigenvalue weighted by Gasteiger charge is -2.11. The van der Waals surface area contributed by atoms with E-state index in [1.807, 2.05) is 0 Å². The van der Waals surface area contributed by atoms with E-state index in [9.17, 15) is 23.3 Å². The first-order valence-corrected chi connectivity index (χ1v) is 7.64. The number of benzene rings is 1. The second-order valence-corrected chi connectivity index (χ2v) is 5.59. The maximum Gasteiger partial charge on any atom is 0.416 e. The zero-order valence-electron chi connectivity index (χ0n) is 13.6. The van der Waals surface area contributed by atoms with Crippen LogP contribution in [-0.4, -0.2) is 26.0 Å². The van der Waals surface area contributed by atoms with Crippen LogP contribution in [0.5, 0.6) is 0 Å². The summed E-state index contributed by atoms with van der Waals surface area (Å²) in [5.41, 5.74) is 0.0538. The summed E-state index contributed by atoms with van der Waals surface area (Å²) in [6.07, 6.45) is -1.83. The molecule has 7 nitrogen and oxygen atoms in total. The number of fused-ring (bicyclic) bond motifs is 1. The van der Waals surface area contributed by atoms with Crippen molar-refractivity contribution in [1.82, 2.24) is 14.5 Å². The molecule has 2 aromatic heterocycles. The number of aryl methyl sites for hydroxylation is 1. The Kier molecular flexibility index (Phi) is 4.49. The Balaban J connectivity index is 1.80. The molecule has 0 saturated carbocycles. The van der Waals surface area contributed by atoms with E-state index in [1.54, 1.807) is 13.0 Å². The van der Waals surface area contributed by atoms with Crippen molar-refractivity contribution in [3.63, 3.8) is 0 Å². The number of halogens is 3. The maximum absolute atomic E-state index is 12.8. The van der Waals surface area contributed by atoms with Crippen molar-refractivity contribution in [3.8, 4) is 0 Å². The number of alkyl halides is 3. The van der Waals surface area contributed by atoms with E-state index < -0.39 is 16.7 Å².